The van der Waals surface area contributed by atoms with Crippen LogP contribution in [-0.4, -0.2) is 41.6 Å². The molecule has 0 aliphatic carbocycles. The highest BCUT2D eigenvalue weighted by atomic mass is 35.5. The average molecular weight is 394 g/mol. The highest BCUT2D eigenvalue weighted by molar-refractivity contribution is 6.33. The summed E-state index contributed by atoms with van der Waals surface area (Å²) in [4.78, 5) is 0. The van der Waals surface area contributed by atoms with Crippen molar-refractivity contribution in [3.05, 3.63) is 46.4 Å². The molecule has 4 nitrogen and oxygen atoms in total. The van der Waals surface area contributed by atoms with E-state index >= 15 is 0 Å². The van der Waals surface area contributed by atoms with Crippen LogP contribution in [0.25, 0.3) is 21.8 Å². The number of halogens is 2. The fourth-order valence-electron chi connectivity index (χ4n) is 3.84. The molecule has 2 aromatic carbocycles. The molecule has 1 aliphatic heterocycles. The van der Waals surface area contributed by atoms with E-state index in [1.807, 2.05) is 36.4 Å². The second-order valence-electron chi connectivity index (χ2n) is 6.98. The zero-order chi connectivity index (χ0) is 18.1. The molecular weight excluding hydrogens is 371 g/mol. The van der Waals surface area contributed by atoms with Crippen LogP contribution in [0.1, 0.15) is 12.8 Å². The Kier molecular flexibility index (Phi) is 5.39. The molecule has 1 aromatic heterocycles. The Morgan fingerprint density at radius 2 is 1.77 bits per heavy atom. The molecular formula is C20H23Cl2N2O2+. The van der Waals surface area contributed by atoms with Crippen LogP contribution in [0.15, 0.2) is 36.4 Å². The molecule has 138 valence electrons. The van der Waals surface area contributed by atoms with Gasteiger partial charge in [-0.15, -0.1) is 0 Å². The smallest absolute Gasteiger partial charge is 0.121 e. The van der Waals surface area contributed by atoms with E-state index < -0.39 is 6.10 Å². The Morgan fingerprint density at radius 1 is 1.12 bits per heavy atom. The van der Waals surface area contributed by atoms with Crippen molar-refractivity contribution in [1.82, 2.24) is 4.57 Å². The van der Waals surface area contributed by atoms with E-state index in [2.05, 4.69) is 9.88 Å². The number of aromatic nitrogens is 1. The minimum absolute atomic E-state index is 0.333. The number of ether oxygens (including phenoxy) is 1. The number of rotatable bonds is 6. The molecule has 0 bridgehead atoms. The summed E-state index contributed by atoms with van der Waals surface area (Å²) in [6.45, 7) is 2.97. The number of hydrogen-bond donors (Lipinski definition) is 2. The molecule has 0 radical (unpaired) electrons. The molecule has 1 saturated heterocycles. The lowest BCUT2D eigenvalue weighted by atomic mass is 10.1. The number of benzene rings is 2. The van der Waals surface area contributed by atoms with Crippen molar-refractivity contribution in [2.45, 2.75) is 31.6 Å². The fourth-order valence-corrected chi connectivity index (χ4v) is 4.18. The van der Waals surface area contributed by atoms with Crippen molar-refractivity contribution in [1.29, 1.82) is 0 Å². The molecule has 26 heavy (non-hydrogen) atoms. The number of nitrogens with zero attached hydrogens (tertiary/aromatic N) is 1. The standard InChI is InChI=1S/C20H22Cl2N2O2/c21-13-3-5-19-17(8-13)18-9-14(22)4-6-20(18)24(19)12-15(25)10-23-11-16-2-1-7-26-16/h3-6,8-9,15-16,23,25H,1-2,7,10-12H2/p+1. The van der Waals surface area contributed by atoms with Gasteiger partial charge in [0, 0.05) is 38.5 Å². The largest absolute Gasteiger partial charge is 0.385 e. The van der Waals surface area contributed by atoms with Crippen molar-refractivity contribution in [3.63, 3.8) is 0 Å². The van der Waals surface area contributed by atoms with E-state index in [0.717, 1.165) is 47.8 Å². The van der Waals surface area contributed by atoms with Crippen molar-refractivity contribution in [3.8, 4) is 0 Å². The first kappa shape index (κ1) is 18.1. The second kappa shape index (κ2) is 7.75. The van der Waals surface area contributed by atoms with Crippen molar-refractivity contribution in [2.75, 3.05) is 19.7 Å². The summed E-state index contributed by atoms with van der Waals surface area (Å²) in [7, 11) is 0. The number of aliphatic hydroxyl groups excluding tert-OH is 1. The lowest BCUT2D eigenvalue weighted by Crippen LogP contribution is -2.88. The van der Waals surface area contributed by atoms with Crippen LogP contribution in [-0.2, 0) is 11.3 Å². The predicted molar refractivity (Wildman–Crippen MR) is 106 cm³/mol. The van der Waals surface area contributed by atoms with Gasteiger partial charge >= 0.3 is 0 Å². The summed E-state index contributed by atoms with van der Waals surface area (Å²) in [5.74, 6) is 0. The van der Waals surface area contributed by atoms with Crippen LogP contribution in [0.5, 0.6) is 0 Å². The molecule has 2 unspecified atom stereocenters. The lowest BCUT2D eigenvalue weighted by molar-refractivity contribution is -0.666. The number of nitrogens with two attached hydrogens (primary N) is 1. The summed E-state index contributed by atoms with van der Waals surface area (Å²) >= 11 is 12.4. The maximum Gasteiger partial charge on any atom is 0.121 e. The minimum Gasteiger partial charge on any atom is -0.385 e. The van der Waals surface area contributed by atoms with Crippen LogP contribution in [0.3, 0.4) is 0 Å². The van der Waals surface area contributed by atoms with Gasteiger partial charge in [-0.2, -0.15) is 0 Å². The third-order valence-electron chi connectivity index (χ3n) is 5.07. The van der Waals surface area contributed by atoms with Gasteiger partial charge in [-0.05, 0) is 49.2 Å². The minimum atomic E-state index is -0.443. The summed E-state index contributed by atoms with van der Waals surface area (Å²) in [6, 6.07) is 11.7. The van der Waals surface area contributed by atoms with E-state index in [9.17, 15) is 5.11 Å². The number of aliphatic hydroxyl groups is 1. The molecule has 0 spiro atoms. The van der Waals surface area contributed by atoms with E-state index in [4.69, 9.17) is 27.9 Å². The normalized spacial score (nSPS) is 18.8. The molecule has 6 heteroatoms. The van der Waals surface area contributed by atoms with Crippen LogP contribution < -0.4 is 5.32 Å². The molecule has 4 rings (SSSR count). The molecule has 3 N–H and O–H groups in total. The maximum atomic E-state index is 10.6. The number of fused-ring (bicyclic) bond motifs is 3. The lowest BCUT2D eigenvalue weighted by Gasteiger charge is -2.14. The first-order valence-corrected chi connectivity index (χ1v) is 9.86. The third kappa shape index (κ3) is 3.71. The second-order valence-corrected chi connectivity index (χ2v) is 7.86. The number of hydrogen-bond acceptors (Lipinski definition) is 2. The first-order valence-electron chi connectivity index (χ1n) is 9.10. The van der Waals surface area contributed by atoms with Gasteiger partial charge in [0.15, 0.2) is 0 Å². The summed E-state index contributed by atoms with van der Waals surface area (Å²) in [5.41, 5.74) is 2.12. The quantitative estimate of drug-likeness (QED) is 0.675. The SMILES string of the molecule is OC(C[NH2+]CC1CCCO1)Cn1c2ccc(Cl)cc2c2cc(Cl)ccc21. The van der Waals surface area contributed by atoms with E-state index in [1.54, 1.807) is 0 Å². The monoisotopic (exact) mass is 393 g/mol. The Morgan fingerprint density at radius 3 is 2.35 bits per heavy atom. The summed E-state index contributed by atoms with van der Waals surface area (Å²) in [5, 5.41) is 16.2. The van der Waals surface area contributed by atoms with Crippen LogP contribution in [0.4, 0.5) is 0 Å². The highest BCUT2D eigenvalue weighted by Crippen LogP contribution is 2.32. The van der Waals surface area contributed by atoms with Crippen molar-refractivity contribution in [2.24, 2.45) is 0 Å². The molecule has 2 heterocycles. The Balaban J connectivity index is 1.56. The Bertz CT molecular complexity index is 860. The zero-order valence-corrected chi connectivity index (χ0v) is 16.0. The van der Waals surface area contributed by atoms with Gasteiger partial charge in [0.1, 0.15) is 25.3 Å². The van der Waals surface area contributed by atoms with Gasteiger partial charge in [0.05, 0.1) is 6.54 Å². The third-order valence-corrected chi connectivity index (χ3v) is 5.54. The van der Waals surface area contributed by atoms with Gasteiger partial charge < -0.3 is 19.7 Å². The van der Waals surface area contributed by atoms with E-state index in [-0.39, 0.29) is 0 Å². The molecule has 0 saturated carbocycles. The summed E-state index contributed by atoms with van der Waals surface area (Å²) in [6.07, 6.45) is 2.16. The van der Waals surface area contributed by atoms with Gasteiger partial charge in [-0.1, -0.05) is 23.2 Å². The number of quaternary nitrogens is 1. The molecule has 0 amide bonds. The van der Waals surface area contributed by atoms with Crippen LogP contribution in [0.2, 0.25) is 10.0 Å². The maximum absolute atomic E-state index is 10.6. The van der Waals surface area contributed by atoms with Gasteiger partial charge in [-0.25, -0.2) is 0 Å². The fraction of sp³-hybridized carbons (Fsp3) is 0.400. The van der Waals surface area contributed by atoms with Crippen LogP contribution >= 0.6 is 23.2 Å². The topological polar surface area (TPSA) is 51.0 Å². The van der Waals surface area contributed by atoms with Gasteiger partial charge in [-0.3, -0.25) is 0 Å². The van der Waals surface area contributed by atoms with Crippen molar-refractivity contribution < 1.29 is 15.2 Å². The van der Waals surface area contributed by atoms with Crippen LogP contribution in [0, 0.1) is 0 Å². The average Bonchev–Trinajstić information content (AvgIpc) is 3.22. The summed E-state index contributed by atoms with van der Waals surface area (Å²) < 4.78 is 7.79. The zero-order valence-electron chi connectivity index (χ0n) is 14.5. The molecule has 1 aliphatic rings. The molecule has 2 atom stereocenters. The molecule has 1 fully saturated rings. The van der Waals surface area contributed by atoms with E-state index in [1.165, 1.54) is 0 Å². The molecule has 3 aromatic rings. The Labute approximate surface area is 162 Å². The van der Waals surface area contributed by atoms with E-state index in [0.29, 0.717) is 29.2 Å². The van der Waals surface area contributed by atoms with Crippen molar-refractivity contribution >= 4 is 45.0 Å². The van der Waals surface area contributed by atoms with Gasteiger partial charge in [0.2, 0.25) is 0 Å². The van der Waals surface area contributed by atoms with Gasteiger partial charge in [0.25, 0.3) is 0 Å². The predicted octanol–water partition coefficient (Wildman–Crippen LogP) is 3.20. The Hall–Kier alpha value is -1.30. The highest BCUT2D eigenvalue weighted by Gasteiger charge is 2.19. The first-order chi connectivity index (χ1) is 12.6.